The highest BCUT2D eigenvalue weighted by atomic mass is 32.2. The summed E-state index contributed by atoms with van der Waals surface area (Å²) in [6.45, 7) is 3.41. The third kappa shape index (κ3) is 5.15. The topological polar surface area (TPSA) is 110 Å². The van der Waals surface area contributed by atoms with E-state index < -0.39 is 15.9 Å². The number of sulfonamides is 1. The number of hydrogen-bond acceptors (Lipinski definition) is 4. The molecule has 2 aromatic rings. The number of carbonyl (C=O) groups is 2. The number of benzene rings is 2. The van der Waals surface area contributed by atoms with Gasteiger partial charge in [0.2, 0.25) is 15.9 Å². The van der Waals surface area contributed by atoms with Gasteiger partial charge in [0.1, 0.15) is 0 Å². The highest BCUT2D eigenvalue weighted by Gasteiger charge is 2.19. The smallest absolute Gasteiger partial charge is 0.254 e. The molecule has 0 aromatic heterocycles. The minimum atomic E-state index is -3.94. The molecule has 0 atom stereocenters. The summed E-state index contributed by atoms with van der Waals surface area (Å²) in [4.78, 5) is 26.0. The molecule has 27 heavy (non-hydrogen) atoms. The maximum absolute atomic E-state index is 12.6. The normalized spacial score (nSPS) is 11.1. The van der Waals surface area contributed by atoms with Gasteiger partial charge in [-0.25, -0.2) is 13.6 Å². The maximum Gasteiger partial charge on any atom is 0.254 e. The molecule has 0 fully saturated rings. The molecule has 0 saturated carbocycles. The summed E-state index contributed by atoms with van der Waals surface area (Å²) in [7, 11) is -2.46. The van der Waals surface area contributed by atoms with Crippen molar-refractivity contribution >= 4 is 27.5 Å². The molecule has 0 aliphatic heterocycles. The van der Waals surface area contributed by atoms with Gasteiger partial charge in [-0.3, -0.25) is 9.59 Å². The lowest BCUT2D eigenvalue weighted by Gasteiger charge is -2.18. The Labute approximate surface area is 159 Å². The molecular weight excluding hydrogens is 366 g/mol. The van der Waals surface area contributed by atoms with Gasteiger partial charge in [-0.05, 0) is 42.7 Å². The minimum Gasteiger partial charge on any atom is -0.332 e. The molecule has 144 valence electrons. The standard InChI is InChI=1S/C19H23N3O4S/c1-4-14-7-5-6-8-16(14)21-18(23)12-22(3)19(24)15-10-9-13(2)17(11-15)27(20,25)26/h5-11H,4,12H2,1-3H3,(H,21,23)(H2,20,25,26). The van der Waals surface area contributed by atoms with E-state index in [2.05, 4.69) is 5.32 Å². The summed E-state index contributed by atoms with van der Waals surface area (Å²) in [6.07, 6.45) is 0.769. The molecule has 2 amide bonds. The number of nitrogens with two attached hydrogens (primary N) is 1. The second-order valence-electron chi connectivity index (χ2n) is 6.25. The first kappa shape index (κ1) is 20.6. The van der Waals surface area contributed by atoms with Crippen molar-refractivity contribution in [1.82, 2.24) is 4.90 Å². The number of amides is 2. The number of carbonyl (C=O) groups excluding carboxylic acids is 2. The average molecular weight is 389 g/mol. The minimum absolute atomic E-state index is 0.108. The van der Waals surface area contributed by atoms with Crippen molar-refractivity contribution in [3.8, 4) is 0 Å². The Hall–Kier alpha value is -2.71. The van der Waals surface area contributed by atoms with Gasteiger partial charge in [0.05, 0.1) is 11.4 Å². The number of hydrogen-bond donors (Lipinski definition) is 2. The number of nitrogens with zero attached hydrogens (tertiary/aromatic N) is 1. The number of nitrogens with one attached hydrogen (secondary N) is 1. The SMILES string of the molecule is CCc1ccccc1NC(=O)CN(C)C(=O)c1ccc(C)c(S(N)(=O)=O)c1. The summed E-state index contributed by atoms with van der Waals surface area (Å²) >= 11 is 0. The predicted molar refractivity (Wildman–Crippen MR) is 104 cm³/mol. The van der Waals surface area contributed by atoms with Crippen LogP contribution >= 0.6 is 0 Å². The fourth-order valence-corrected chi connectivity index (χ4v) is 3.50. The van der Waals surface area contributed by atoms with Crippen molar-refractivity contribution in [2.75, 3.05) is 18.9 Å². The second kappa shape index (κ2) is 8.32. The molecule has 0 unspecified atom stereocenters. The van der Waals surface area contributed by atoms with Crippen LogP contribution in [0.1, 0.15) is 28.4 Å². The fourth-order valence-electron chi connectivity index (χ4n) is 2.69. The summed E-state index contributed by atoms with van der Waals surface area (Å²) in [5.74, 6) is -0.815. The molecule has 0 heterocycles. The lowest BCUT2D eigenvalue weighted by atomic mass is 10.1. The zero-order valence-corrected chi connectivity index (χ0v) is 16.3. The van der Waals surface area contributed by atoms with Crippen LogP contribution in [0.5, 0.6) is 0 Å². The first-order valence-corrected chi connectivity index (χ1v) is 9.94. The molecule has 7 nitrogen and oxygen atoms in total. The molecule has 0 aliphatic carbocycles. The zero-order chi connectivity index (χ0) is 20.2. The van der Waals surface area contributed by atoms with Crippen LogP contribution in [0.15, 0.2) is 47.4 Å². The molecular formula is C19H23N3O4S. The second-order valence-corrected chi connectivity index (χ2v) is 7.78. The van der Waals surface area contributed by atoms with Crippen molar-refractivity contribution in [1.29, 1.82) is 0 Å². The lowest BCUT2D eigenvalue weighted by Crippen LogP contribution is -2.35. The molecule has 0 radical (unpaired) electrons. The average Bonchev–Trinajstić information content (AvgIpc) is 2.60. The summed E-state index contributed by atoms with van der Waals surface area (Å²) < 4.78 is 23.3. The Bertz CT molecular complexity index is 971. The van der Waals surface area contributed by atoms with Gasteiger partial charge in [-0.1, -0.05) is 31.2 Å². The highest BCUT2D eigenvalue weighted by molar-refractivity contribution is 7.89. The monoisotopic (exact) mass is 389 g/mol. The van der Waals surface area contributed by atoms with Crippen LogP contribution in [0.2, 0.25) is 0 Å². The van der Waals surface area contributed by atoms with Gasteiger partial charge in [0, 0.05) is 18.3 Å². The molecule has 2 aromatic carbocycles. The third-order valence-electron chi connectivity index (χ3n) is 4.14. The molecule has 0 bridgehead atoms. The third-order valence-corrected chi connectivity index (χ3v) is 5.19. The Morgan fingerprint density at radius 1 is 1.15 bits per heavy atom. The largest absolute Gasteiger partial charge is 0.332 e. The van der Waals surface area contributed by atoms with Gasteiger partial charge in [0.15, 0.2) is 0 Å². The van der Waals surface area contributed by atoms with E-state index in [1.165, 1.54) is 30.1 Å². The number of rotatable bonds is 6. The Kier molecular flexibility index (Phi) is 6.35. The van der Waals surface area contributed by atoms with Crippen molar-refractivity contribution < 1.29 is 18.0 Å². The van der Waals surface area contributed by atoms with E-state index in [0.717, 1.165) is 12.0 Å². The zero-order valence-electron chi connectivity index (χ0n) is 15.5. The van der Waals surface area contributed by atoms with Gasteiger partial charge in [-0.15, -0.1) is 0 Å². The summed E-state index contributed by atoms with van der Waals surface area (Å²) in [6, 6.07) is 11.7. The van der Waals surface area contributed by atoms with Crippen LogP contribution < -0.4 is 10.5 Å². The van der Waals surface area contributed by atoms with Crippen molar-refractivity contribution in [3.05, 3.63) is 59.2 Å². The summed E-state index contributed by atoms with van der Waals surface area (Å²) in [5.41, 5.74) is 2.30. The van der Waals surface area contributed by atoms with Crippen LogP contribution in [0, 0.1) is 6.92 Å². The molecule has 0 saturated heterocycles. The van der Waals surface area contributed by atoms with E-state index in [4.69, 9.17) is 5.14 Å². The van der Waals surface area contributed by atoms with E-state index in [0.29, 0.717) is 11.3 Å². The number of para-hydroxylation sites is 1. The van der Waals surface area contributed by atoms with Crippen LogP contribution in [0.4, 0.5) is 5.69 Å². The lowest BCUT2D eigenvalue weighted by molar-refractivity contribution is -0.116. The Balaban J connectivity index is 2.13. The van der Waals surface area contributed by atoms with Crippen molar-refractivity contribution in [2.45, 2.75) is 25.2 Å². The van der Waals surface area contributed by atoms with E-state index in [1.807, 2.05) is 25.1 Å². The van der Waals surface area contributed by atoms with Gasteiger partial charge in [0.25, 0.3) is 5.91 Å². The number of primary sulfonamides is 1. The first-order chi connectivity index (χ1) is 12.6. The van der Waals surface area contributed by atoms with Gasteiger partial charge in [-0.2, -0.15) is 0 Å². The Morgan fingerprint density at radius 2 is 1.81 bits per heavy atom. The number of anilines is 1. The van der Waals surface area contributed by atoms with E-state index in [9.17, 15) is 18.0 Å². The molecule has 0 spiro atoms. The fraction of sp³-hybridized carbons (Fsp3) is 0.263. The van der Waals surface area contributed by atoms with Crippen molar-refractivity contribution in [3.63, 3.8) is 0 Å². The van der Waals surface area contributed by atoms with E-state index in [-0.39, 0.29) is 22.9 Å². The van der Waals surface area contributed by atoms with E-state index >= 15 is 0 Å². The molecule has 0 aliphatic rings. The van der Waals surface area contributed by atoms with Crippen LogP contribution in [0.3, 0.4) is 0 Å². The quantitative estimate of drug-likeness (QED) is 0.786. The summed E-state index contributed by atoms with van der Waals surface area (Å²) in [5, 5.41) is 7.97. The molecule has 8 heteroatoms. The van der Waals surface area contributed by atoms with Crippen LogP contribution in [-0.4, -0.2) is 38.7 Å². The molecule has 2 rings (SSSR count). The van der Waals surface area contributed by atoms with E-state index in [1.54, 1.807) is 13.0 Å². The van der Waals surface area contributed by atoms with Crippen LogP contribution in [-0.2, 0) is 21.2 Å². The van der Waals surface area contributed by atoms with Crippen LogP contribution in [0.25, 0.3) is 0 Å². The highest BCUT2D eigenvalue weighted by Crippen LogP contribution is 2.17. The number of likely N-dealkylation sites (N-methyl/N-ethyl adjacent to an activating group) is 1. The maximum atomic E-state index is 12.6. The van der Waals surface area contributed by atoms with Gasteiger partial charge < -0.3 is 10.2 Å². The number of aryl methyl sites for hydroxylation is 2. The van der Waals surface area contributed by atoms with Crippen molar-refractivity contribution in [2.24, 2.45) is 5.14 Å². The first-order valence-electron chi connectivity index (χ1n) is 8.40. The van der Waals surface area contributed by atoms with Gasteiger partial charge >= 0.3 is 0 Å². The predicted octanol–water partition coefficient (Wildman–Crippen LogP) is 1.92. The molecule has 3 N–H and O–H groups in total. The Morgan fingerprint density at radius 3 is 2.44 bits per heavy atom.